The number of carbonyl (C=O) groups excluding carboxylic acids is 6. The van der Waals surface area contributed by atoms with Crippen LogP contribution in [0.25, 0.3) is 0 Å². The number of hydrogen-bond donors (Lipinski definition) is 0. The van der Waals surface area contributed by atoms with Crippen LogP contribution < -0.4 is 18.9 Å². The van der Waals surface area contributed by atoms with E-state index in [2.05, 4.69) is 13.2 Å². The molecule has 0 aliphatic rings. The molecule has 63 heavy (non-hydrogen) atoms. The van der Waals surface area contributed by atoms with Crippen molar-refractivity contribution in [1.82, 2.24) is 0 Å². The van der Waals surface area contributed by atoms with E-state index in [1.807, 2.05) is 0 Å². The topological polar surface area (TPSA) is 176 Å². The lowest BCUT2D eigenvalue weighted by atomic mass is 10.1. The number of ether oxygens (including phenoxy) is 8. The van der Waals surface area contributed by atoms with Crippen molar-refractivity contribution in [2.45, 2.75) is 57.8 Å². The predicted octanol–water partition coefficient (Wildman–Crippen LogP) is 8.87. The van der Waals surface area contributed by atoms with Crippen LogP contribution in [-0.4, -0.2) is 75.5 Å². The molecule has 0 spiro atoms. The molecular weight excluding hydrogens is 813 g/mol. The second kappa shape index (κ2) is 27.6. The van der Waals surface area contributed by atoms with Crippen molar-refractivity contribution < 1.29 is 66.7 Å². The van der Waals surface area contributed by atoms with Crippen LogP contribution in [-0.2, 0) is 28.5 Å². The van der Waals surface area contributed by atoms with E-state index < -0.39 is 35.8 Å². The Labute approximate surface area is 366 Å². The van der Waals surface area contributed by atoms with Crippen molar-refractivity contribution in [2.24, 2.45) is 0 Å². The largest absolute Gasteiger partial charge is 0.494 e. The molecule has 0 bridgehead atoms. The summed E-state index contributed by atoms with van der Waals surface area (Å²) in [4.78, 5) is 72.3. The fraction of sp³-hybridized carbons (Fsp3) is 0.306. The van der Waals surface area contributed by atoms with Gasteiger partial charge in [0.25, 0.3) is 0 Å². The standard InChI is InChI=1S/C49H52O14/c1-3-44(50)58-32-12-10-30-56-40-22-14-38(15-23-40)48(54)62-42-26-18-36(19-27-42)46(52)60-34-8-6-5-7-9-35-61-47(53)37-20-28-43(29-21-37)63-49(55)39-16-24-41(25-17-39)57-31-11-13-33-59-45(51)4-2/h3-4,14-29H,1-2,5-13,30-35H2. The van der Waals surface area contributed by atoms with E-state index in [-0.39, 0.29) is 24.7 Å². The van der Waals surface area contributed by atoms with E-state index in [9.17, 15) is 28.8 Å². The van der Waals surface area contributed by atoms with E-state index in [0.29, 0.717) is 98.7 Å². The maximum Gasteiger partial charge on any atom is 0.343 e. The highest BCUT2D eigenvalue weighted by molar-refractivity contribution is 5.93. The van der Waals surface area contributed by atoms with Gasteiger partial charge < -0.3 is 37.9 Å². The molecule has 0 N–H and O–H groups in total. The third-order valence-corrected chi connectivity index (χ3v) is 8.97. The maximum atomic E-state index is 12.6. The first-order valence-corrected chi connectivity index (χ1v) is 20.7. The molecule has 0 fully saturated rings. The van der Waals surface area contributed by atoms with E-state index in [1.54, 1.807) is 48.5 Å². The Balaban J connectivity index is 1.01. The van der Waals surface area contributed by atoms with Crippen LogP contribution in [0.3, 0.4) is 0 Å². The minimum Gasteiger partial charge on any atom is -0.494 e. The Hall–Kier alpha value is -7.22. The molecule has 0 radical (unpaired) electrons. The number of benzene rings is 4. The Kier molecular flexibility index (Phi) is 21.2. The average molecular weight is 865 g/mol. The Morgan fingerprint density at radius 1 is 0.333 bits per heavy atom. The van der Waals surface area contributed by atoms with Crippen molar-refractivity contribution >= 4 is 35.8 Å². The Bertz CT molecular complexity index is 1940. The molecule has 0 unspecified atom stereocenters. The summed E-state index contributed by atoms with van der Waals surface area (Å²) in [7, 11) is 0. The Morgan fingerprint density at radius 3 is 0.952 bits per heavy atom. The van der Waals surface area contributed by atoms with Gasteiger partial charge in [-0.05, 0) is 136 Å². The summed E-state index contributed by atoms with van der Waals surface area (Å²) in [6, 6.07) is 25.3. The van der Waals surface area contributed by atoms with Crippen LogP contribution in [0.5, 0.6) is 23.0 Å². The number of hydrogen-bond acceptors (Lipinski definition) is 14. The summed E-state index contributed by atoms with van der Waals surface area (Å²) >= 11 is 0. The van der Waals surface area contributed by atoms with Gasteiger partial charge in [-0.25, -0.2) is 28.8 Å². The second-order valence-electron chi connectivity index (χ2n) is 13.8. The molecule has 332 valence electrons. The van der Waals surface area contributed by atoms with Gasteiger partial charge in [-0.2, -0.15) is 0 Å². The molecule has 0 heterocycles. The molecule has 0 amide bonds. The lowest BCUT2D eigenvalue weighted by Gasteiger charge is -2.09. The third-order valence-electron chi connectivity index (χ3n) is 8.97. The molecule has 4 aromatic rings. The lowest BCUT2D eigenvalue weighted by Crippen LogP contribution is -2.10. The summed E-state index contributed by atoms with van der Waals surface area (Å²) in [5.74, 6) is -1.26. The van der Waals surface area contributed by atoms with Crippen LogP contribution in [0, 0.1) is 0 Å². The van der Waals surface area contributed by atoms with Crippen molar-refractivity contribution in [3.63, 3.8) is 0 Å². The van der Waals surface area contributed by atoms with E-state index in [0.717, 1.165) is 31.4 Å². The van der Waals surface area contributed by atoms with Crippen molar-refractivity contribution in [2.75, 3.05) is 39.6 Å². The smallest absolute Gasteiger partial charge is 0.343 e. The highest BCUT2D eigenvalue weighted by Gasteiger charge is 2.14. The van der Waals surface area contributed by atoms with Crippen LogP contribution in [0.15, 0.2) is 122 Å². The zero-order valence-corrected chi connectivity index (χ0v) is 35.1. The van der Waals surface area contributed by atoms with E-state index in [4.69, 9.17) is 37.9 Å². The molecule has 0 aliphatic carbocycles. The van der Waals surface area contributed by atoms with Crippen LogP contribution in [0.4, 0.5) is 0 Å². The first-order chi connectivity index (χ1) is 30.6. The molecule has 0 saturated carbocycles. The first-order valence-electron chi connectivity index (χ1n) is 20.7. The minimum atomic E-state index is -0.560. The summed E-state index contributed by atoms with van der Waals surface area (Å²) in [5, 5.41) is 0. The fourth-order valence-electron chi connectivity index (χ4n) is 5.51. The fourth-order valence-corrected chi connectivity index (χ4v) is 5.51. The van der Waals surface area contributed by atoms with Gasteiger partial charge in [0.05, 0.1) is 61.9 Å². The average Bonchev–Trinajstić information content (AvgIpc) is 3.31. The molecule has 0 aliphatic heterocycles. The van der Waals surface area contributed by atoms with Crippen LogP contribution in [0.1, 0.15) is 99.2 Å². The summed E-state index contributed by atoms with van der Waals surface area (Å²) in [5.41, 5.74) is 1.32. The van der Waals surface area contributed by atoms with Crippen molar-refractivity contribution in [1.29, 1.82) is 0 Å². The minimum absolute atomic E-state index is 0.252. The van der Waals surface area contributed by atoms with Crippen molar-refractivity contribution in [3.8, 4) is 23.0 Å². The zero-order valence-electron chi connectivity index (χ0n) is 35.1. The van der Waals surface area contributed by atoms with Crippen molar-refractivity contribution in [3.05, 3.63) is 145 Å². The lowest BCUT2D eigenvalue weighted by molar-refractivity contribution is -0.138. The van der Waals surface area contributed by atoms with Gasteiger partial charge in [-0.1, -0.05) is 32.4 Å². The van der Waals surface area contributed by atoms with Gasteiger partial charge in [0.15, 0.2) is 0 Å². The molecule has 14 nitrogen and oxygen atoms in total. The number of rotatable bonds is 28. The quantitative estimate of drug-likeness (QED) is 0.0174. The predicted molar refractivity (Wildman–Crippen MR) is 231 cm³/mol. The highest BCUT2D eigenvalue weighted by atomic mass is 16.6. The highest BCUT2D eigenvalue weighted by Crippen LogP contribution is 2.20. The van der Waals surface area contributed by atoms with Crippen LogP contribution >= 0.6 is 0 Å². The Morgan fingerprint density at radius 2 is 0.603 bits per heavy atom. The SMILES string of the molecule is C=CC(=O)OCCCCOc1ccc(C(=O)Oc2ccc(C(=O)OCCCCCCCOC(=O)c3ccc(OC(=O)c4ccc(OCCCCOC(=O)C=C)cc4)cc3)cc2)cc1. The number of carbonyl (C=O) groups is 6. The van der Waals surface area contributed by atoms with Gasteiger partial charge in [-0.3, -0.25) is 0 Å². The molecule has 0 aromatic heterocycles. The summed E-state index contributed by atoms with van der Waals surface area (Å²) in [6.07, 6.45) is 8.78. The monoisotopic (exact) mass is 864 g/mol. The molecule has 0 saturated heterocycles. The molecule has 14 heteroatoms. The maximum absolute atomic E-state index is 12.6. The van der Waals surface area contributed by atoms with Gasteiger partial charge in [-0.15, -0.1) is 0 Å². The molecule has 4 aromatic carbocycles. The van der Waals surface area contributed by atoms with E-state index in [1.165, 1.54) is 48.5 Å². The van der Waals surface area contributed by atoms with E-state index >= 15 is 0 Å². The zero-order chi connectivity index (χ0) is 45.1. The van der Waals surface area contributed by atoms with Gasteiger partial charge in [0, 0.05) is 12.2 Å². The molecular formula is C49H52O14. The number of unbranched alkanes of at least 4 members (excludes halogenated alkanes) is 6. The third kappa shape index (κ3) is 18.5. The first kappa shape index (κ1) is 48.4. The van der Waals surface area contributed by atoms with Gasteiger partial charge in [0.1, 0.15) is 23.0 Å². The summed E-state index contributed by atoms with van der Waals surface area (Å²) < 4.78 is 42.8. The number of esters is 6. The molecule has 4 rings (SSSR count). The normalized spacial score (nSPS) is 10.4. The van der Waals surface area contributed by atoms with Gasteiger partial charge in [0.2, 0.25) is 0 Å². The summed E-state index contributed by atoms with van der Waals surface area (Å²) in [6.45, 7) is 8.63. The molecule has 0 atom stereocenters. The van der Waals surface area contributed by atoms with Gasteiger partial charge >= 0.3 is 35.8 Å². The van der Waals surface area contributed by atoms with Crippen LogP contribution in [0.2, 0.25) is 0 Å². The second-order valence-corrected chi connectivity index (χ2v) is 13.8.